The van der Waals surface area contributed by atoms with Gasteiger partial charge in [0.15, 0.2) is 0 Å². The first-order valence-corrected chi connectivity index (χ1v) is 6.96. The maximum atomic E-state index is 11.0. The zero-order valence-corrected chi connectivity index (χ0v) is 11.3. The van der Waals surface area contributed by atoms with Crippen molar-refractivity contribution in [3.63, 3.8) is 0 Å². The fraction of sp³-hybridized carbons (Fsp3) is 0.438. The fourth-order valence-electron chi connectivity index (χ4n) is 3.12. The summed E-state index contributed by atoms with van der Waals surface area (Å²) >= 11 is 0. The number of hydrogen-bond donors (Lipinski definition) is 2. The second-order valence-corrected chi connectivity index (χ2v) is 5.59. The van der Waals surface area contributed by atoms with Crippen molar-refractivity contribution in [2.45, 2.75) is 25.4 Å². The van der Waals surface area contributed by atoms with Crippen LogP contribution in [0.4, 0.5) is 0 Å². The molecule has 1 aliphatic rings. The van der Waals surface area contributed by atoms with E-state index in [4.69, 9.17) is 0 Å². The van der Waals surface area contributed by atoms with Crippen molar-refractivity contribution in [2.75, 3.05) is 13.1 Å². The van der Waals surface area contributed by atoms with Gasteiger partial charge in [-0.3, -0.25) is 4.98 Å². The van der Waals surface area contributed by atoms with Crippen molar-refractivity contribution < 1.29 is 5.11 Å². The molecule has 0 aliphatic carbocycles. The van der Waals surface area contributed by atoms with E-state index >= 15 is 0 Å². The van der Waals surface area contributed by atoms with E-state index in [-0.39, 0.29) is 5.92 Å². The van der Waals surface area contributed by atoms with Crippen LogP contribution in [0.2, 0.25) is 0 Å². The summed E-state index contributed by atoms with van der Waals surface area (Å²) in [4.78, 5) is 4.15. The van der Waals surface area contributed by atoms with Gasteiger partial charge in [0.1, 0.15) is 0 Å². The van der Waals surface area contributed by atoms with Gasteiger partial charge in [-0.25, -0.2) is 0 Å². The lowest BCUT2D eigenvalue weighted by Gasteiger charge is -2.37. The van der Waals surface area contributed by atoms with E-state index in [1.165, 1.54) is 0 Å². The molecule has 3 rings (SSSR count). The molecular weight excluding hydrogens is 236 g/mol. The number of aromatic nitrogens is 1. The van der Waals surface area contributed by atoms with Gasteiger partial charge in [-0.1, -0.05) is 18.2 Å². The van der Waals surface area contributed by atoms with Crippen molar-refractivity contribution in [2.24, 2.45) is 5.92 Å². The minimum atomic E-state index is -0.797. The number of pyridine rings is 1. The molecule has 0 saturated carbocycles. The minimum absolute atomic E-state index is 0.264. The van der Waals surface area contributed by atoms with Gasteiger partial charge in [0.2, 0.25) is 0 Å². The number of piperidine rings is 1. The van der Waals surface area contributed by atoms with E-state index in [1.807, 2.05) is 37.4 Å². The lowest BCUT2D eigenvalue weighted by Crippen LogP contribution is -2.42. The fourth-order valence-corrected chi connectivity index (χ4v) is 3.12. The lowest BCUT2D eigenvalue weighted by molar-refractivity contribution is -0.0143. The van der Waals surface area contributed by atoms with Gasteiger partial charge in [-0.2, -0.15) is 0 Å². The molecule has 0 radical (unpaired) electrons. The van der Waals surface area contributed by atoms with E-state index in [1.54, 1.807) is 6.20 Å². The van der Waals surface area contributed by atoms with Gasteiger partial charge in [0.05, 0.1) is 5.60 Å². The number of benzene rings is 1. The second-order valence-electron chi connectivity index (χ2n) is 5.59. The van der Waals surface area contributed by atoms with E-state index < -0.39 is 5.60 Å². The van der Waals surface area contributed by atoms with Crippen molar-refractivity contribution >= 4 is 10.8 Å². The average molecular weight is 256 g/mol. The number of hydrogen-bond acceptors (Lipinski definition) is 3. The van der Waals surface area contributed by atoms with Crippen molar-refractivity contribution in [3.8, 4) is 0 Å². The molecule has 2 aromatic rings. The molecule has 3 heteroatoms. The zero-order chi connectivity index (χ0) is 13.3. The molecule has 19 heavy (non-hydrogen) atoms. The normalized spacial score (nSPS) is 23.2. The van der Waals surface area contributed by atoms with E-state index in [0.717, 1.165) is 42.3 Å². The van der Waals surface area contributed by atoms with Crippen LogP contribution < -0.4 is 5.32 Å². The topological polar surface area (TPSA) is 45.2 Å². The first kappa shape index (κ1) is 12.6. The lowest BCUT2D eigenvalue weighted by atomic mass is 9.77. The van der Waals surface area contributed by atoms with Crippen LogP contribution in [0, 0.1) is 5.92 Å². The van der Waals surface area contributed by atoms with Crippen LogP contribution in [0.5, 0.6) is 0 Å². The highest BCUT2D eigenvalue weighted by molar-refractivity contribution is 5.85. The zero-order valence-electron chi connectivity index (χ0n) is 11.3. The van der Waals surface area contributed by atoms with Gasteiger partial charge in [0, 0.05) is 30.2 Å². The van der Waals surface area contributed by atoms with Gasteiger partial charge in [-0.05, 0) is 43.3 Å². The monoisotopic (exact) mass is 256 g/mol. The molecule has 2 N–H and O–H groups in total. The summed E-state index contributed by atoms with van der Waals surface area (Å²) in [5, 5.41) is 16.6. The number of rotatable bonds is 2. The number of fused-ring (bicyclic) bond motifs is 1. The molecule has 2 atom stereocenters. The maximum Gasteiger partial charge on any atom is 0.0914 e. The first-order valence-electron chi connectivity index (χ1n) is 6.96. The van der Waals surface area contributed by atoms with Gasteiger partial charge in [0.25, 0.3) is 0 Å². The van der Waals surface area contributed by atoms with Gasteiger partial charge in [-0.15, -0.1) is 0 Å². The summed E-state index contributed by atoms with van der Waals surface area (Å²) in [7, 11) is 0. The maximum absolute atomic E-state index is 11.0. The Balaban J connectivity index is 2.07. The summed E-state index contributed by atoms with van der Waals surface area (Å²) in [6.07, 6.45) is 5.85. The number of nitrogens with zero attached hydrogens (tertiary/aromatic N) is 1. The molecule has 2 heterocycles. The van der Waals surface area contributed by atoms with Crippen molar-refractivity contribution in [1.29, 1.82) is 0 Å². The molecule has 1 aliphatic heterocycles. The molecule has 1 aromatic carbocycles. The SMILES string of the molecule is CC(O)(c1cccc2cnccc12)C1CCCNC1. The smallest absolute Gasteiger partial charge is 0.0914 e. The number of nitrogens with one attached hydrogen (secondary N) is 1. The van der Waals surface area contributed by atoms with Crippen LogP contribution in [-0.4, -0.2) is 23.2 Å². The Morgan fingerprint density at radius 1 is 1.37 bits per heavy atom. The first-order chi connectivity index (χ1) is 9.19. The summed E-state index contributed by atoms with van der Waals surface area (Å²) in [6.45, 7) is 3.89. The largest absolute Gasteiger partial charge is 0.385 e. The van der Waals surface area contributed by atoms with Crippen LogP contribution >= 0.6 is 0 Å². The molecule has 0 bridgehead atoms. The molecular formula is C16H20N2O. The Kier molecular flexibility index (Phi) is 3.25. The molecule has 0 spiro atoms. The van der Waals surface area contributed by atoms with Crippen molar-refractivity contribution in [1.82, 2.24) is 10.3 Å². The van der Waals surface area contributed by atoms with E-state index in [2.05, 4.69) is 10.3 Å². The van der Waals surface area contributed by atoms with Crippen LogP contribution in [0.3, 0.4) is 0 Å². The van der Waals surface area contributed by atoms with Gasteiger partial charge < -0.3 is 10.4 Å². The Hall–Kier alpha value is -1.45. The highest BCUT2D eigenvalue weighted by Crippen LogP contribution is 2.36. The highest BCUT2D eigenvalue weighted by Gasteiger charge is 2.35. The third-order valence-electron chi connectivity index (χ3n) is 4.32. The Bertz CT molecular complexity index is 568. The van der Waals surface area contributed by atoms with Crippen LogP contribution in [-0.2, 0) is 5.60 Å². The van der Waals surface area contributed by atoms with Crippen molar-refractivity contribution in [3.05, 3.63) is 42.2 Å². The van der Waals surface area contributed by atoms with Crippen LogP contribution in [0.25, 0.3) is 10.8 Å². The minimum Gasteiger partial charge on any atom is -0.385 e. The van der Waals surface area contributed by atoms with E-state index in [0.29, 0.717) is 0 Å². The molecule has 0 amide bonds. The summed E-state index contributed by atoms with van der Waals surface area (Å²) in [6, 6.07) is 8.08. The Morgan fingerprint density at radius 3 is 3.05 bits per heavy atom. The molecule has 1 aromatic heterocycles. The van der Waals surface area contributed by atoms with Gasteiger partial charge >= 0.3 is 0 Å². The standard InChI is InChI=1S/C16H20N2O/c1-16(19,13-5-3-8-17-11-13)15-6-2-4-12-10-18-9-7-14(12)15/h2,4,6-7,9-10,13,17,19H,3,5,8,11H2,1H3. The molecule has 3 nitrogen and oxygen atoms in total. The highest BCUT2D eigenvalue weighted by atomic mass is 16.3. The quantitative estimate of drug-likeness (QED) is 0.867. The third-order valence-corrected chi connectivity index (χ3v) is 4.32. The number of aliphatic hydroxyl groups is 1. The molecule has 1 fully saturated rings. The van der Waals surface area contributed by atoms with E-state index in [9.17, 15) is 5.11 Å². The Labute approximate surface area is 113 Å². The summed E-state index contributed by atoms with van der Waals surface area (Å²) in [5.41, 5.74) is 0.218. The molecule has 2 unspecified atom stereocenters. The molecule has 1 saturated heterocycles. The Morgan fingerprint density at radius 2 is 2.26 bits per heavy atom. The predicted molar refractivity (Wildman–Crippen MR) is 76.9 cm³/mol. The summed E-state index contributed by atoms with van der Waals surface area (Å²) in [5.74, 6) is 0.264. The molecule has 100 valence electrons. The average Bonchev–Trinajstić information content (AvgIpc) is 2.47. The van der Waals surface area contributed by atoms with Crippen LogP contribution in [0.1, 0.15) is 25.3 Å². The predicted octanol–water partition coefficient (Wildman–Crippen LogP) is 2.44. The third kappa shape index (κ3) is 2.24. The second kappa shape index (κ2) is 4.91. The summed E-state index contributed by atoms with van der Waals surface area (Å²) < 4.78 is 0. The van der Waals surface area contributed by atoms with Crippen LogP contribution in [0.15, 0.2) is 36.7 Å².